The fraction of sp³-hybridized carbons (Fsp3) is 0.333. The summed E-state index contributed by atoms with van der Waals surface area (Å²) < 4.78 is 0. The maximum atomic E-state index is 4.31. The largest absolute Gasteiger partial charge is 0.347 e. The summed E-state index contributed by atoms with van der Waals surface area (Å²) in [7, 11) is 0. The van der Waals surface area contributed by atoms with Gasteiger partial charge in [-0.05, 0) is 13.8 Å². The number of aryl methyl sites for hydroxylation is 1. The first-order chi connectivity index (χ1) is 6.75. The van der Waals surface area contributed by atoms with E-state index in [2.05, 4.69) is 34.1 Å². The van der Waals surface area contributed by atoms with Crippen LogP contribution in [0, 0.1) is 6.92 Å². The van der Waals surface area contributed by atoms with Gasteiger partial charge in [0.25, 0.3) is 0 Å². The third-order valence-electron chi connectivity index (χ3n) is 1.86. The second-order valence-electron chi connectivity index (χ2n) is 3.11. The number of nitrogens with one attached hydrogen (secondary N) is 2. The number of aromatic nitrogens is 3. The molecule has 2 aromatic rings. The first-order valence-electron chi connectivity index (χ1n) is 4.44. The monoisotopic (exact) mass is 208 g/mol. The molecule has 0 aromatic carbocycles. The highest BCUT2D eigenvalue weighted by Crippen LogP contribution is 2.21. The van der Waals surface area contributed by atoms with Gasteiger partial charge in [-0.25, -0.2) is 9.97 Å². The third-order valence-corrected chi connectivity index (χ3v) is 2.96. The van der Waals surface area contributed by atoms with Gasteiger partial charge in [0.2, 0.25) is 5.95 Å². The minimum Gasteiger partial charge on any atom is -0.347 e. The molecule has 2 heterocycles. The van der Waals surface area contributed by atoms with E-state index in [4.69, 9.17) is 0 Å². The highest BCUT2D eigenvalue weighted by Gasteiger charge is 2.09. The zero-order valence-electron chi connectivity index (χ0n) is 8.11. The molecule has 14 heavy (non-hydrogen) atoms. The Hall–Kier alpha value is -1.36. The highest BCUT2D eigenvalue weighted by molar-refractivity contribution is 7.11. The van der Waals surface area contributed by atoms with Gasteiger partial charge in [0.1, 0.15) is 5.01 Å². The predicted octanol–water partition coefficient (Wildman–Crippen LogP) is 2.35. The fourth-order valence-corrected chi connectivity index (χ4v) is 1.96. The average molecular weight is 208 g/mol. The van der Waals surface area contributed by atoms with Crippen molar-refractivity contribution in [3.8, 4) is 0 Å². The van der Waals surface area contributed by atoms with Crippen LogP contribution in [-0.2, 0) is 0 Å². The van der Waals surface area contributed by atoms with Crippen LogP contribution >= 0.6 is 11.3 Å². The zero-order valence-corrected chi connectivity index (χ0v) is 8.93. The molecule has 0 spiro atoms. The van der Waals surface area contributed by atoms with E-state index in [0.29, 0.717) is 0 Å². The molecule has 1 unspecified atom stereocenters. The van der Waals surface area contributed by atoms with Crippen LogP contribution in [0.15, 0.2) is 18.6 Å². The number of hydrogen-bond donors (Lipinski definition) is 2. The number of aromatic amines is 1. The van der Waals surface area contributed by atoms with E-state index in [1.165, 1.54) is 4.88 Å². The number of nitrogens with zero attached hydrogens (tertiary/aromatic N) is 2. The average Bonchev–Trinajstić information content (AvgIpc) is 2.75. The molecule has 0 aliphatic rings. The Morgan fingerprint density at radius 1 is 1.50 bits per heavy atom. The van der Waals surface area contributed by atoms with E-state index in [0.717, 1.165) is 11.0 Å². The number of thiazole rings is 1. The summed E-state index contributed by atoms with van der Waals surface area (Å²) in [5.74, 6) is 0.783. The second kappa shape index (κ2) is 3.79. The molecule has 0 aliphatic heterocycles. The van der Waals surface area contributed by atoms with E-state index in [1.807, 2.05) is 6.20 Å². The first-order valence-corrected chi connectivity index (χ1v) is 5.25. The van der Waals surface area contributed by atoms with Gasteiger partial charge < -0.3 is 10.3 Å². The number of rotatable bonds is 3. The molecule has 0 radical (unpaired) electrons. The van der Waals surface area contributed by atoms with Crippen molar-refractivity contribution in [3.63, 3.8) is 0 Å². The van der Waals surface area contributed by atoms with Crippen molar-refractivity contribution >= 4 is 17.3 Å². The molecule has 4 nitrogen and oxygen atoms in total. The maximum Gasteiger partial charge on any atom is 0.200 e. The minimum absolute atomic E-state index is 0.194. The summed E-state index contributed by atoms with van der Waals surface area (Å²) in [5, 5.41) is 4.32. The zero-order chi connectivity index (χ0) is 9.97. The van der Waals surface area contributed by atoms with Crippen LogP contribution in [0.2, 0.25) is 0 Å². The van der Waals surface area contributed by atoms with Crippen molar-refractivity contribution in [3.05, 3.63) is 28.5 Å². The Kier molecular flexibility index (Phi) is 2.49. The maximum absolute atomic E-state index is 4.31. The van der Waals surface area contributed by atoms with Gasteiger partial charge >= 0.3 is 0 Å². The lowest BCUT2D eigenvalue weighted by molar-refractivity contribution is 0.854. The molecule has 0 aliphatic carbocycles. The molecular formula is C9H12N4S. The first kappa shape index (κ1) is 9.21. The molecule has 0 bridgehead atoms. The topological polar surface area (TPSA) is 53.6 Å². The molecule has 0 saturated carbocycles. The van der Waals surface area contributed by atoms with Gasteiger partial charge in [-0.3, -0.25) is 0 Å². The molecule has 0 fully saturated rings. The minimum atomic E-state index is 0.194. The summed E-state index contributed by atoms with van der Waals surface area (Å²) in [4.78, 5) is 12.6. The number of H-pyrrole nitrogens is 1. The fourth-order valence-electron chi connectivity index (χ4n) is 1.18. The molecule has 74 valence electrons. The molecule has 5 heteroatoms. The quantitative estimate of drug-likeness (QED) is 0.814. The summed E-state index contributed by atoms with van der Waals surface area (Å²) in [6, 6.07) is 0.194. The summed E-state index contributed by atoms with van der Waals surface area (Å²) in [6.07, 6.45) is 5.41. The smallest absolute Gasteiger partial charge is 0.200 e. The van der Waals surface area contributed by atoms with E-state index < -0.39 is 0 Å². The third kappa shape index (κ3) is 1.93. The van der Waals surface area contributed by atoms with E-state index in [1.54, 1.807) is 23.7 Å². The van der Waals surface area contributed by atoms with Crippen molar-refractivity contribution in [1.82, 2.24) is 15.0 Å². The van der Waals surface area contributed by atoms with Gasteiger partial charge in [-0.1, -0.05) is 0 Å². The van der Waals surface area contributed by atoms with Crippen molar-refractivity contribution in [2.24, 2.45) is 0 Å². The Morgan fingerprint density at radius 3 is 2.93 bits per heavy atom. The lowest BCUT2D eigenvalue weighted by Gasteiger charge is -2.08. The molecule has 1 atom stereocenters. The van der Waals surface area contributed by atoms with Crippen molar-refractivity contribution < 1.29 is 0 Å². The van der Waals surface area contributed by atoms with Gasteiger partial charge in [-0.2, -0.15) is 0 Å². The molecular weight excluding hydrogens is 196 g/mol. The molecule has 0 saturated heterocycles. The van der Waals surface area contributed by atoms with Crippen molar-refractivity contribution in [2.45, 2.75) is 19.9 Å². The standard InChI is InChI=1S/C9H12N4S/c1-6-5-12-8(14-6)7(2)13-9-10-3-4-11-9/h3-5,7H,1-2H3,(H2,10,11,13). The molecule has 2 N–H and O–H groups in total. The molecule has 0 amide bonds. The van der Waals surface area contributed by atoms with E-state index in [9.17, 15) is 0 Å². The number of hydrogen-bond acceptors (Lipinski definition) is 4. The van der Waals surface area contributed by atoms with Gasteiger partial charge in [0, 0.05) is 23.5 Å². The number of imidazole rings is 1. The van der Waals surface area contributed by atoms with Crippen LogP contribution in [0.1, 0.15) is 22.9 Å². The van der Waals surface area contributed by atoms with Gasteiger partial charge in [0.05, 0.1) is 6.04 Å². The highest BCUT2D eigenvalue weighted by atomic mass is 32.1. The SMILES string of the molecule is Cc1cnc(C(C)Nc2ncc[nH]2)s1. The van der Waals surface area contributed by atoms with Crippen LogP contribution in [0.4, 0.5) is 5.95 Å². The van der Waals surface area contributed by atoms with Crippen LogP contribution in [0.25, 0.3) is 0 Å². The Balaban J connectivity index is 2.06. The van der Waals surface area contributed by atoms with Crippen LogP contribution in [0.3, 0.4) is 0 Å². The number of anilines is 1. The van der Waals surface area contributed by atoms with E-state index in [-0.39, 0.29) is 6.04 Å². The summed E-state index contributed by atoms with van der Waals surface area (Å²) in [5.41, 5.74) is 0. The van der Waals surface area contributed by atoms with Crippen LogP contribution < -0.4 is 5.32 Å². The van der Waals surface area contributed by atoms with Crippen molar-refractivity contribution in [2.75, 3.05) is 5.32 Å². The summed E-state index contributed by atoms with van der Waals surface area (Å²) >= 11 is 1.70. The van der Waals surface area contributed by atoms with E-state index >= 15 is 0 Å². The van der Waals surface area contributed by atoms with Crippen LogP contribution in [-0.4, -0.2) is 15.0 Å². The van der Waals surface area contributed by atoms with Gasteiger partial charge in [-0.15, -0.1) is 11.3 Å². The van der Waals surface area contributed by atoms with Crippen molar-refractivity contribution in [1.29, 1.82) is 0 Å². The lowest BCUT2D eigenvalue weighted by atomic mass is 10.4. The van der Waals surface area contributed by atoms with Gasteiger partial charge in [0.15, 0.2) is 0 Å². The predicted molar refractivity (Wildman–Crippen MR) is 57.5 cm³/mol. The lowest BCUT2D eigenvalue weighted by Crippen LogP contribution is -2.07. The molecule has 2 aromatic heterocycles. The second-order valence-corrected chi connectivity index (χ2v) is 4.38. The Labute approximate surface area is 86.4 Å². The Morgan fingerprint density at radius 2 is 2.36 bits per heavy atom. The normalized spacial score (nSPS) is 12.7. The molecule has 2 rings (SSSR count). The van der Waals surface area contributed by atoms with Crippen LogP contribution in [0.5, 0.6) is 0 Å². The summed E-state index contributed by atoms with van der Waals surface area (Å²) in [6.45, 7) is 4.13. The Bertz CT molecular complexity index is 393.